The number of amides is 1. The Morgan fingerprint density at radius 2 is 2.20 bits per heavy atom. The highest BCUT2D eigenvalue weighted by molar-refractivity contribution is 6.36. The van der Waals surface area contributed by atoms with E-state index in [1.54, 1.807) is 19.1 Å². The number of aliphatic hydroxyl groups is 1. The van der Waals surface area contributed by atoms with Crippen LogP contribution in [0.25, 0.3) is 0 Å². The van der Waals surface area contributed by atoms with Crippen LogP contribution in [0.4, 0.5) is 0 Å². The van der Waals surface area contributed by atoms with Crippen LogP contribution in [0.5, 0.6) is 0 Å². The van der Waals surface area contributed by atoms with E-state index in [1.807, 2.05) is 0 Å². The summed E-state index contributed by atoms with van der Waals surface area (Å²) in [6, 6.07) is 4.63. The van der Waals surface area contributed by atoms with Gasteiger partial charge in [0.2, 0.25) is 0 Å². The zero-order valence-electron chi connectivity index (χ0n) is 8.13. The fraction of sp³-hybridized carbons (Fsp3) is 0.300. The smallest absolute Gasteiger partial charge is 0.252 e. The average Bonchev–Trinajstić information content (AvgIpc) is 2.14. The highest BCUT2D eigenvalue weighted by Gasteiger charge is 2.10. The van der Waals surface area contributed by atoms with Crippen molar-refractivity contribution in [2.45, 2.75) is 13.0 Å². The third kappa shape index (κ3) is 3.70. The lowest BCUT2D eigenvalue weighted by atomic mass is 10.2. The Morgan fingerprint density at radius 1 is 1.53 bits per heavy atom. The molecule has 0 aliphatic heterocycles. The molecule has 0 aliphatic rings. The zero-order chi connectivity index (χ0) is 11.4. The summed E-state index contributed by atoms with van der Waals surface area (Å²) in [5.74, 6) is -0.322. The van der Waals surface area contributed by atoms with Crippen LogP contribution in [-0.4, -0.2) is 23.7 Å². The maximum Gasteiger partial charge on any atom is 0.252 e. The number of hydrogen-bond donors (Lipinski definition) is 2. The van der Waals surface area contributed by atoms with E-state index in [9.17, 15) is 4.79 Å². The largest absolute Gasteiger partial charge is 0.392 e. The summed E-state index contributed by atoms with van der Waals surface area (Å²) in [5, 5.41) is 12.3. The number of benzene rings is 1. The Balaban J connectivity index is 2.74. The lowest BCUT2D eigenvalue weighted by Gasteiger charge is -2.08. The van der Waals surface area contributed by atoms with Crippen LogP contribution in [-0.2, 0) is 0 Å². The van der Waals surface area contributed by atoms with Gasteiger partial charge >= 0.3 is 0 Å². The van der Waals surface area contributed by atoms with Gasteiger partial charge in [0.25, 0.3) is 5.91 Å². The summed E-state index contributed by atoms with van der Waals surface area (Å²) in [7, 11) is 0. The van der Waals surface area contributed by atoms with Crippen LogP contribution in [0.3, 0.4) is 0 Å². The highest BCUT2D eigenvalue weighted by Crippen LogP contribution is 2.20. The van der Waals surface area contributed by atoms with E-state index in [-0.39, 0.29) is 12.5 Å². The standard InChI is InChI=1S/C10H11Cl2NO2/c1-6(14)5-13-10(15)8-3-2-7(11)4-9(8)12/h2-4,6,14H,5H2,1H3,(H,13,15)/t6-/m0/s1. The monoisotopic (exact) mass is 247 g/mol. The molecule has 0 radical (unpaired) electrons. The molecule has 0 aliphatic carbocycles. The fourth-order valence-corrected chi connectivity index (χ4v) is 1.50. The Kier molecular flexibility index (Phi) is 4.39. The minimum absolute atomic E-state index is 0.192. The number of carbonyl (C=O) groups is 1. The van der Waals surface area contributed by atoms with Gasteiger partial charge in [0.05, 0.1) is 16.7 Å². The molecule has 0 saturated carbocycles. The minimum Gasteiger partial charge on any atom is -0.392 e. The second-order valence-corrected chi connectivity index (χ2v) is 4.03. The van der Waals surface area contributed by atoms with Gasteiger partial charge in [-0.1, -0.05) is 23.2 Å². The summed E-state index contributed by atoms with van der Waals surface area (Å²) in [5.41, 5.74) is 0.349. The number of nitrogens with one attached hydrogen (secondary N) is 1. The second-order valence-electron chi connectivity index (χ2n) is 3.18. The van der Waals surface area contributed by atoms with Crippen LogP contribution >= 0.6 is 23.2 Å². The molecule has 1 aromatic carbocycles. The number of carbonyl (C=O) groups excluding carboxylic acids is 1. The van der Waals surface area contributed by atoms with E-state index in [0.29, 0.717) is 15.6 Å². The highest BCUT2D eigenvalue weighted by atomic mass is 35.5. The number of halogens is 2. The summed E-state index contributed by atoms with van der Waals surface area (Å²) >= 11 is 11.5. The van der Waals surface area contributed by atoms with Gasteiger partial charge in [-0.15, -0.1) is 0 Å². The predicted molar refractivity (Wildman–Crippen MR) is 60.5 cm³/mol. The van der Waals surface area contributed by atoms with Crippen molar-refractivity contribution in [3.8, 4) is 0 Å². The van der Waals surface area contributed by atoms with Gasteiger partial charge < -0.3 is 10.4 Å². The molecule has 1 atom stereocenters. The van der Waals surface area contributed by atoms with Gasteiger partial charge in [0.1, 0.15) is 0 Å². The quantitative estimate of drug-likeness (QED) is 0.860. The van der Waals surface area contributed by atoms with Crippen molar-refractivity contribution in [2.75, 3.05) is 6.54 Å². The van der Waals surface area contributed by atoms with Crippen LogP contribution < -0.4 is 5.32 Å². The molecule has 1 rings (SSSR count). The first-order valence-electron chi connectivity index (χ1n) is 4.42. The van der Waals surface area contributed by atoms with Gasteiger partial charge in [-0.05, 0) is 25.1 Å². The average molecular weight is 248 g/mol. The Morgan fingerprint density at radius 3 is 2.73 bits per heavy atom. The van der Waals surface area contributed by atoms with Crippen molar-refractivity contribution < 1.29 is 9.90 Å². The summed E-state index contributed by atoms with van der Waals surface area (Å²) in [4.78, 5) is 11.5. The molecular weight excluding hydrogens is 237 g/mol. The van der Waals surface area contributed by atoms with Gasteiger partial charge in [0, 0.05) is 11.6 Å². The first-order valence-corrected chi connectivity index (χ1v) is 5.17. The van der Waals surface area contributed by atoms with Crippen LogP contribution in [0.2, 0.25) is 10.0 Å². The Bertz CT molecular complexity index is 366. The van der Waals surface area contributed by atoms with Crippen molar-refractivity contribution >= 4 is 29.1 Å². The summed E-state index contributed by atoms with van der Waals surface area (Å²) in [6.07, 6.45) is -0.583. The molecule has 0 spiro atoms. The van der Waals surface area contributed by atoms with Crippen LogP contribution in [0, 0.1) is 0 Å². The second kappa shape index (κ2) is 5.35. The first-order chi connectivity index (χ1) is 7.00. The van der Waals surface area contributed by atoms with Crippen molar-refractivity contribution in [1.29, 1.82) is 0 Å². The van der Waals surface area contributed by atoms with Gasteiger partial charge in [-0.3, -0.25) is 4.79 Å². The molecule has 1 amide bonds. The fourth-order valence-electron chi connectivity index (χ4n) is 1.01. The molecule has 2 N–H and O–H groups in total. The molecule has 0 aromatic heterocycles. The minimum atomic E-state index is -0.583. The topological polar surface area (TPSA) is 49.3 Å². The first kappa shape index (κ1) is 12.3. The molecule has 82 valence electrons. The van der Waals surface area contributed by atoms with E-state index >= 15 is 0 Å². The Labute approximate surface area is 98.0 Å². The zero-order valence-corrected chi connectivity index (χ0v) is 9.64. The van der Waals surface area contributed by atoms with Gasteiger partial charge in [-0.2, -0.15) is 0 Å². The molecule has 0 saturated heterocycles. The van der Waals surface area contributed by atoms with E-state index < -0.39 is 6.10 Å². The molecule has 5 heteroatoms. The molecule has 0 fully saturated rings. The molecule has 3 nitrogen and oxygen atoms in total. The lowest BCUT2D eigenvalue weighted by Crippen LogP contribution is -2.30. The molecule has 1 aromatic rings. The normalized spacial score (nSPS) is 12.3. The maximum absolute atomic E-state index is 11.5. The predicted octanol–water partition coefficient (Wildman–Crippen LogP) is 2.10. The molecule has 15 heavy (non-hydrogen) atoms. The van der Waals surface area contributed by atoms with E-state index in [2.05, 4.69) is 5.32 Å². The van der Waals surface area contributed by atoms with Crippen molar-refractivity contribution in [3.05, 3.63) is 33.8 Å². The summed E-state index contributed by atoms with van der Waals surface area (Å²) < 4.78 is 0. The number of rotatable bonds is 3. The van der Waals surface area contributed by atoms with Crippen molar-refractivity contribution in [2.24, 2.45) is 0 Å². The van der Waals surface area contributed by atoms with Crippen molar-refractivity contribution in [3.63, 3.8) is 0 Å². The van der Waals surface area contributed by atoms with E-state index in [1.165, 1.54) is 6.07 Å². The molecular formula is C10H11Cl2NO2. The molecule has 0 heterocycles. The molecule has 0 unspecified atom stereocenters. The lowest BCUT2D eigenvalue weighted by molar-refractivity contribution is 0.0924. The van der Waals surface area contributed by atoms with Crippen LogP contribution in [0.1, 0.15) is 17.3 Å². The third-order valence-corrected chi connectivity index (χ3v) is 2.28. The third-order valence-electron chi connectivity index (χ3n) is 1.73. The van der Waals surface area contributed by atoms with Gasteiger partial charge in [-0.25, -0.2) is 0 Å². The van der Waals surface area contributed by atoms with E-state index in [0.717, 1.165) is 0 Å². The SMILES string of the molecule is C[C@H](O)CNC(=O)c1ccc(Cl)cc1Cl. The number of hydrogen-bond acceptors (Lipinski definition) is 2. The van der Waals surface area contributed by atoms with Crippen LogP contribution in [0.15, 0.2) is 18.2 Å². The van der Waals surface area contributed by atoms with E-state index in [4.69, 9.17) is 28.3 Å². The summed E-state index contributed by atoms with van der Waals surface area (Å²) in [6.45, 7) is 1.78. The van der Waals surface area contributed by atoms with Gasteiger partial charge in [0.15, 0.2) is 0 Å². The molecule has 0 bridgehead atoms. The maximum atomic E-state index is 11.5. The Hall–Kier alpha value is -0.770. The number of aliphatic hydroxyl groups excluding tert-OH is 1. The van der Waals surface area contributed by atoms with Crippen molar-refractivity contribution in [1.82, 2.24) is 5.32 Å².